The molecule has 0 saturated carbocycles. The first-order chi connectivity index (χ1) is 9.58. The fourth-order valence-electron chi connectivity index (χ4n) is 1.71. The van der Waals surface area contributed by atoms with Gasteiger partial charge < -0.3 is 10.1 Å². The lowest BCUT2D eigenvalue weighted by Gasteiger charge is -2.09. The average molecular weight is 275 g/mol. The Morgan fingerprint density at radius 3 is 2.75 bits per heavy atom. The molecule has 0 saturated heterocycles. The summed E-state index contributed by atoms with van der Waals surface area (Å²) in [5, 5.41) is 3.09. The third-order valence-corrected chi connectivity index (χ3v) is 2.67. The maximum atomic E-state index is 13.7. The van der Waals surface area contributed by atoms with Crippen molar-refractivity contribution >= 4 is 5.95 Å². The van der Waals surface area contributed by atoms with E-state index in [2.05, 4.69) is 22.2 Å². The van der Waals surface area contributed by atoms with Crippen molar-refractivity contribution in [1.82, 2.24) is 9.97 Å². The van der Waals surface area contributed by atoms with Crippen molar-refractivity contribution in [2.45, 2.75) is 27.2 Å². The summed E-state index contributed by atoms with van der Waals surface area (Å²) in [6.45, 7) is 6.56. The van der Waals surface area contributed by atoms with Gasteiger partial charge in [0.15, 0.2) is 11.6 Å². The van der Waals surface area contributed by atoms with Crippen LogP contribution in [0, 0.1) is 19.7 Å². The van der Waals surface area contributed by atoms with Crippen molar-refractivity contribution in [2.24, 2.45) is 0 Å². The summed E-state index contributed by atoms with van der Waals surface area (Å²) < 4.78 is 19.2. The van der Waals surface area contributed by atoms with E-state index >= 15 is 0 Å². The molecule has 1 aromatic heterocycles. The normalized spacial score (nSPS) is 10.4. The minimum Gasteiger partial charge on any atom is -0.436 e. The number of nitrogens with zero attached hydrogens (tertiary/aromatic N) is 2. The van der Waals surface area contributed by atoms with Crippen LogP contribution in [0.1, 0.15) is 24.6 Å². The Kier molecular flexibility index (Phi) is 4.50. The van der Waals surface area contributed by atoms with Crippen LogP contribution in [0.5, 0.6) is 11.6 Å². The summed E-state index contributed by atoms with van der Waals surface area (Å²) in [6, 6.07) is 6.40. The van der Waals surface area contributed by atoms with E-state index < -0.39 is 5.82 Å². The lowest BCUT2D eigenvalue weighted by Crippen LogP contribution is -2.06. The molecule has 0 fully saturated rings. The molecule has 106 valence electrons. The van der Waals surface area contributed by atoms with E-state index in [4.69, 9.17) is 4.74 Å². The van der Waals surface area contributed by atoms with Crippen LogP contribution < -0.4 is 10.1 Å². The smallest absolute Gasteiger partial charge is 0.226 e. The minimum atomic E-state index is -0.407. The number of nitrogens with one attached hydrogen (secondary N) is 1. The zero-order valence-corrected chi connectivity index (χ0v) is 11.9. The van der Waals surface area contributed by atoms with Crippen molar-refractivity contribution < 1.29 is 9.13 Å². The van der Waals surface area contributed by atoms with Crippen molar-refractivity contribution in [2.75, 3.05) is 11.9 Å². The maximum Gasteiger partial charge on any atom is 0.226 e. The topological polar surface area (TPSA) is 47.0 Å². The molecule has 0 aliphatic carbocycles. The summed E-state index contributed by atoms with van der Waals surface area (Å²) in [5.74, 6) is 0.593. The molecule has 0 bridgehead atoms. The molecule has 1 N–H and O–H groups in total. The molecule has 0 radical (unpaired) electrons. The molecule has 2 aromatic rings. The molecular weight excluding hydrogens is 257 g/mol. The molecule has 0 spiro atoms. The van der Waals surface area contributed by atoms with Crippen molar-refractivity contribution in [3.05, 3.63) is 41.3 Å². The second-order valence-electron chi connectivity index (χ2n) is 4.63. The highest BCUT2D eigenvalue weighted by atomic mass is 19.1. The molecule has 0 amide bonds. The van der Waals surface area contributed by atoms with Gasteiger partial charge in [-0.3, -0.25) is 0 Å². The summed E-state index contributed by atoms with van der Waals surface area (Å²) in [6.07, 6.45) is 0.972. The van der Waals surface area contributed by atoms with Crippen molar-refractivity contribution in [3.63, 3.8) is 0 Å². The Morgan fingerprint density at radius 2 is 2.00 bits per heavy atom. The highest BCUT2D eigenvalue weighted by molar-refractivity contribution is 5.36. The van der Waals surface area contributed by atoms with Gasteiger partial charge in [-0.25, -0.2) is 9.37 Å². The maximum absolute atomic E-state index is 13.7. The molecule has 0 aliphatic rings. The van der Waals surface area contributed by atoms with Gasteiger partial charge in [-0.05, 0) is 38.0 Å². The number of halogens is 1. The fraction of sp³-hybridized carbons (Fsp3) is 0.333. The average Bonchev–Trinajstić information content (AvgIpc) is 2.40. The first-order valence-corrected chi connectivity index (χ1v) is 6.62. The summed E-state index contributed by atoms with van der Waals surface area (Å²) in [7, 11) is 0. The predicted octanol–water partition coefficient (Wildman–Crippen LogP) is 3.85. The standard InChI is InChI=1S/C15H18FN3O/c1-4-7-17-15-18-11(3)9-14(19-15)20-13-8-10(2)5-6-12(13)16/h5-6,8-9H,4,7H2,1-3H3,(H,17,18,19). The molecule has 1 heterocycles. The van der Waals surface area contributed by atoms with E-state index in [-0.39, 0.29) is 5.75 Å². The second-order valence-corrected chi connectivity index (χ2v) is 4.63. The fourth-order valence-corrected chi connectivity index (χ4v) is 1.71. The van der Waals surface area contributed by atoms with Gasteiger partial charge in [0.1, 0.15) is 0 Å². The number of benzene rings is 1. The molecule has 2 rings (SSSR count). The van der Waals surface area contributed by atoms with Gasteiger partial charge in [-0.2, -0.15) is 4.98 Å². The Labute approximate surface area is 118 Å². The number of aromatic nitrogens is 2. The van der Waals surface area contributed by atoms with Gasteiger partial charge in [-0.1, -0.05) is 13.0 Å². The van der Waals surface area contributed by atoms with E-state index in [1.54, 1.807) is 18.2 Å². The van der Waals surface area contributed by atoms with Crippen molar-refractivity contribution in [3.8, 4) is 11.6 Å². The Balaban J connectivity index is 2.24. The monoisotopic (exact) mass is 275 g/mol. The number of hydrogen-bond acceptors (Lipinski definition) is 4. The number of aryl methyl sites for hydroxylation is 2. The lowest BCUT2D eigenvalue weighted by molar-refractivity contribution is 0.426. The first kappa shape index (κ1) is 14.2. The van der Waals surface area contributed by atoms with Gasteiger partial charge in [0.05, 0.1) is 0 Å². The van der Waals surface area contributed by atoms with Gasteiger partial charge in [0, 0.05) is 18.3 Å². The molecule has 20 heavy (non-hydrogen) atoms. The third-order valence-electron chi connectivity index (χ3n) is 2.67. The van der Waals surface area contributed by atoms with Crippen molar-refractivity contribution in [1.29, 1.82) is 0 Å². The van der Waals surface area contributed by atoms with E-state index in [1.165, 1.54) is 6.07 Å². The van der Waals surface area contributed by atoms with Crippen LogP contribution in [0.4, 0.5) is 10.3 Å². The largest absolute Gasteiger partial charge is 0.436 e. The highest BCUT2D eigenvalue weighted by Gasteiger charge is 2.08. The SMILES string of the molecule is CCCNc1nc(C)cc(Oc2cc(C)ccc2F)n1. The van der Waals surface area contributed by atoms with Crippen LogP contribution in [0.2, 0.25) is 0 Å². The number of ether oxygens (including phenoxy) is 1. The Bertz CT molecular complexity index is 602. The molecule has 1 aromatic carbocycles. The van der Waals surface area contributed by atoms with E-state index in [0.29, 0.717) is 11.8 Å². The van der Waals surface area contributed by atoms with Gasteiger partial charge >= 0.3 is 0 Å². The number of anilines is 1. The van der Waals surface area contributed by atoms with E-state index in [1.807, 2.05) is 13.8 Å². The zero-order valence-electron chi connectivity index (χ0n) is 11.9. The zero-order chi connectivity index (χ0) is 14.5. The second kappa shape index (κ2) is 6.32. The molecule has 5 heteroatoms. The van der Waals surface area contributed by atoms with Crippen LogP contribution in [0.25, 0.3) is 0 Å². The predicted molar refractivity (Wildman–Crippen MR) is 76.8 cm³/mol. The molecule has 4 nitrogen and oxygen atoms in total. The molecule has 0 unspecified atom stereocenters. The van der Waals surface area contributed by atoms with E-state index in [0.717, 1.165) is 24.2 Å². The number of rotatable bonds is 5. The Morgan fingerprint density at radius 1 is 1.20 bits per heavy atom. The minimum absolute atomic E-state index is 0.171. The molecular formula is C15H18FN3O. The quantitative estimate of drug-likeness (QED) is 0.900. The van der Waals surface area contributed by atoms with Crippen LogP contribution in [0.15, 0.2) is 24.3 Å². The first-order valence-electron chi connectivity index (χ1n) is 6.62. The van der Waals surface area contributed by atoms with Gasteiger partial charge in [0.2, 0.25) is 11.8 Å². The summed E-state index contributed by atoms with van der Waals surface area (Å²) >= 11 is 0. The van der Waals surface area contributed by atoms with Gasteiger partial charge in [-0.15, -0.1) is 0 Å². The molecule has 0 atom stereocenters. The van der Waals surface area contributed by atoms with Crippen LogP contribution in [0.3, 0.4) is 0 Å². The lowest BCUT2D eigenvalue weighted by atomic mass is 10.2. The Hall–Kier alpha value is -2.17. The van der Waals surface area contributed by atoms with E-state index in [9.17, 15) is 4.39 Å². The molecule has 0 aliphatic heterocycles. The highest BCUT2D eigenvalue weighted by Crippen LogP contribution is 2.25. The summed E-state index contributed by atoms with van der Waals surface area (Å²) in [4.78, 5) is 8.48. The summed E-state index contributed by atoms with van der Waals surface area (Å²) in [5.41, 5.74) is 1.69. The van der Waals surface area contributed by atoms with Gasteiger partial charge in [0.25, 0.3) is 0 Å². The van der Waals surface area contributed by atoms with Crippen LogP contribution >= 0.6 is 0 Å². The third kappa shape index (κ3) is 3.66. The van der Waals surface area contributed by atoms with Crippen LogP contribution in [-0.4, -0.2) is 16.5 Å². The number of hydrogen-bond donors (Lipinski definition) is 1. The van der Waals surface area contributed by atoms with Crippen LogP contribution in [-0.2, 0) is 0 Å².